The monoisotopic (exact) mass is 442 g/mol. The number of nitrogens with one attached hydrogen (secondary N) is 4. The van der Waals surface area contributed by atoms with Crippen molar-refractivity contribution in [2.45, 2.75) is 57.0 Å². The van der Waals surface area contributed by atoms with E-state index in [0.29, 0.717) is 5.69 Å². The second kappa shape index (κ2) is 11.6. The Morgan fingerprint density at radius 2 is 1.71 bits per heavy atom. The van der Waals surface area contributed by atoms with E-state index >= 15 is 0 Å². The molecule has 0 saturated heterocycles. The van der Waals surface area contributed by atoms with Crippen molar-refractivity contribution in [3.05, 3.63) is 18.2 Å². The van der Waals surface area contributed by atoms with Gasteiger partial charge in [-0.15, -0.1) is 0 Å². The van der Waals surface area contributed by atoms with E-state index in [2.05, 4.69) is 25.9 Å². The Hall–Kier alpha value is -3.52. The van der Waals surface area contributed by atoms with Crippen molar-refractivity contribution in [2.24, 2.45) is 5.73 Å². The average molecular weight is 442 g/mol. The average Bonchev–Trinajstić information content (AvgIpc) is 3.17. The van der Waals surface area contributed by atoms with Crippen molar-refractivity contribution in [3.63, 3.8) is 0 Å². The molecule has 0 aliphatic rings. The van der Waals surface area contributed by atoms with E-state index in [1.54, 1.807) is 0 Å². The minimum atomic E-state index is -1.61. The van der Waals surface area contributed by atoms with Crippen LogP contribution in [0.1, 0.15) is 26.0 Å². The largest absolute Gasteiger partial charge is 0.481 e. The minimum Gasteiger partial charge on any atom is -0.481 e. The Bertz CT molecular complexity index is 797. The molecule has 0 saturated carbocycles. The number of carboxylic acids is 2. The number of aromatic nitrogens is 2. The molecule has 1 rings (SSSR count). The van der Waals surface area contributed by atoms with Crippen LogP contribution in [0.5, 0.6) is 0 Å². The Balaban J connectivity index is 2.86. The smallest absolute Gasteiger partial charge is 0.325 e. The van der Waals surface area contributed by atoms with Gasteiger partial charge in [0.25, 0.3) is 0 Å². The lowest BCUT2D eigenvalue weighted by Gasteiger charge is -2.25. The number of carbonyl (C=O) groups excluding carboxylic acids is 3. The zero-order valence-electron chi connectivity index (χ0n) is 16.9. The highest BCUT2D eigenvalue weighted by Crippen LogP contribution is 2.02. The van der Waals surface area contributed by atoms with Gasteiger partial charge in [0.1, 0.15) is 18.1 Å². The molecule has 0 bridgehead atoms. The van der Waals surface area contributed by atoms with Crippen LogP contribution < -0.4 is 21.7 Å². The third-order valence-electron chi connectivity index (χ3n) is 4.13. The van der Waals surface area contributed by atoms with E-state index in [4.69, 9.17) is 15.9 Å². The number of carbonyl (C=O) groups is 5. The van der Waals surface area contributed by atoms with Gasteiger partial charge in [0.2, 0.25) is 17.7 Å². The van der Waals surface area contributed by atoms with Crippen LogP contribution in [0.2, 0.25) is 0 Å². The van der Waals surface area contributed by atoms with Crippen LogP contribution in [-0.4, -0.2) is 85.2 Å². The third kappa shape index (κ3) is 8.39. The van der Waals surface area contributed by atoms with Crippen molar-refractivity contribution < 1.29 is 39.3 Å². The first kappa shape index (κ1) is 25.5. The molecule has 1 heterocycles. The Kier molecular flexibility index (Phi) is 9.56. The second-order valence-electron chi connectivity index (χ2n) is 6.84. The maximum Gasteiger partial charge on any atom is 0.325 e. The highest BCUT2D eigenvalue weighted by atomic mass is 16.4. The molecule has 0 aliphatic carbocycles. The number of rotatable bonds is 12. The first-order chi connectivity index (χ1) is 14.4. The molecule has 5 unspecified atom stereocenters. The molecule has 0 radical (unpaired) electrons. The number of hydrogen-bond donors (Lipinski definition) is 8. The number of nitrogens with two attached hydrogens (primary N) is 1. The van der Waals surface area contributed by atoms with E-state index in [1.165, 1.54) is 26.4 Å². The summed E-state index contributed by atoms with van der Waals surface area (Å²) in [4.78, 5) is 65.6. The first-order valence-electron chi connectivity index (χ1n) is 9.19. The first-order valence-corrected chi connectivity index (χ1v) is 9.19. The van der Waals surface area contributed by atoms with E-state index in [0.717, 1.165) is 0 Å². The van der Waals surface area contributed by atoms with Crippen molar-refractivity contribution in [2.75, 3.05) is 0 Å². The molecular formula is C17H26N6O8. The summed E-state index contributed by atoms with van der Waals surface area (Å²) >= 11 is 0. The second-order valence-corrected chi connectivity index (χ2v) is 6.84. The topological polar surface area (TPSA) is 237 Å². The maximum atomic E-state index is 12.5. The van der Waals surface area contributed by atoms with Crippen molar-refractivity contribution in [1.82, 2.24) is 25.9 Å². The van der Waals surface area contributed by atoms with Crippen LogP contribution in [0.25, 0.3) is 0 Å². The van der Waals surface area contributed by atoms with Crippen LogP contribution in [0.3, 0.4) is 0 Å². The molecule has 0 spiro atoms. The number of hydrogen-bond acceptors (Lipinski definition) is 8. The molecule has 0 aromatic carbocycles. The normalized spacial score (nSPS) is 15.6. The van der Waals surface area contributed by atoms with Gasteiger partial charge in [0, 0.05) is 18.3 Å². The number of nitrogens with zero attached hydrogens (tertiary/aromatic N) is 1. The lowest BCUT2D eigenvalue weighted by Crippen LogP contribution is -2.60. The summed E-state index contributed by atoms with van der Waals surface area (Å²) in [5, 5.41) is 34.1. The minimum absolute atomic E-state index is 0.0407. The molecule has 0 fully saturated rings. The van der Waals surface area contributed by atoms with Crippen LogP contribution in [0.15, 0.2) is 12.5 Å². The van der Waals surface area contributed by atoms with E-state index in [9.17, 15) is 29.1 Å². The fraction of sp³-hybridized carbons (Fsp3) is 0.529. The lowest BCUT2D eigenvalue weighted by molar-refractivity contribution is -0.143. The maximum absolute atomic E-state index is 12.5. The van der Waals surface area contributed by atoms with Gasteiger partial charge in [0.15, 0.2) is 0 Å². The molecule has 5 atom stereocenters. The SMILES string of the molecule is CC(NC(=O)C(NC(=O)C(CC(=O)O)NC(=O)C(N)Cc1cnc[nH]1)C(C)O)C(=O)O. The molecule has 14 nitrogen and oxygen atoms in total. The quantitative estimate of drug-likeness (QED) is 0.160. The molecular weight excluding hydrogens is 416 g/mol. The summed E-state index contributed by atoms with van der Waals surface area (Å²) in [6, 6.07) is -5.64. The van der Waals surface area contributed by atoms with Gasteiger partial charge >= 0.3 is 11.9 Å². The number of aromatic amines is 1. The molecule has 1 aromatic heterocycles. The van der Waals surface area contributed by atoms with Gasteiger partial charge in [-0.3, -0.25) is 24.0 Å². The highest BCUT2D eigenvalue weighted by Gasteiger charge is 2.32. The lowest BCUT2D eigenvalue weighted by atomic mass is 10.1. The molecule has 9 N–H and O–H groups in total. The van der Waals surface area contributed by atoms with Gasteiger partial charge in [-0.25, -0.2) is 4.98 Å². The predicted octanol–water partition coefficient (Wildman–Crippen LogP) is -3.31. The number of aliphatic carboxylic acids is 2. The Morgan fingerprint density at radius 3 is 2.19 bits per heavy atom. The molecule has 1 aromatic rings. The Morgan fingerprint density at radius 1 is 1.06 bits per heavy atom. The van der Waals surface area contributed by atoms with Gasteiger partial charge in [0.05, 0.1) is 24.9 Å². The summed E-state index contributed by atoms with van der Waals surface area (Å²) in [6.45, 7) is 2.34. The van der Waals surface area contributed by atoms with Crippen LogP contribution in [0, 0.1) is 0 Å². The molecule has 3 amide bonds. The van der Waals surface area contributed by atoms with Gasteiger partial charge < -0.3 is 42.0 Å². The van der Waals surface area contributed by atoms with Gasteiger partial charge in [-0.05, 0) is 13.8 Å². The predicted molar refractivity (Wildman–Crippen MR) is 103 cm³/mol. The van der Waals surface area contributed by atoms with E-state index < -0.39 is 66.4 Å². The number of carboxylic acid groups (broad SMARTS) is 2. The number of aliphatic hydroxyl groups excluding tert-OH is 1. The van der Waals surface area contributed by atoms with Crippen molar-refractivity contribution in [3.8, 4) is 0 Å². The fourth-order valence-corrected chi connectivity index (χ4v) is 2.41. The molecule has 14 heteroatoms. The molecule has 0 aliphatic heterocycles. The number of amides is 3. The van der Waals surface area contributed by atoms with Crippen LogP contribution in [-0.2, 0) is 30.4 Å². The van der Waals surface area contributed by atoms with Crippen molar-refractivity contribution >= 4 is 29.7 Å². The van der Waals surface area contributed by atoms with Crippen molar-refractivity contribution in [1.29, 1.82) is 0 Å². The summed E-state index contributed by atoms with van der Waals surface area (Å²) in [5.41, 5.74) is 6.31. The fourth-order valence-electron chi connectivity index (χ4n) is 2.41. The molecule has 31 heavy (non-hydrogen) atoms. The standard InChI is InChI=1S/C17H26N6O8/c1-7(17(30)31)21-16(29)13(8(2)24)23-15(28)11(4-12(25)26)22-14(27)10(18)3-9-5-19-6-20-9/h5-8,10-11,13,24H,3-4,18H2,1-2H3,(H,19,20)(H,21,29)(H,22,27)(H,23,28)(H,25,26)(H,30,31). The van der Waals surface area contributed by atoms with Crippen LogP contribution >= 0.6 is 0 Å². The summed E-state index contributed by atoms with van der Waals surface area (Å²) in [7, 11) is 0. The zero-order chi connectivity index (χ0) is 23.7. The van der Waals surface area contributed by atoms with Gasteiger partial charge in [-0.1, -0.05) is 0 Å². The molecule has 172 valence electrons. The summed E-state index contributed by atoms with van der Waals surface area (Å²) in [6.07, 6.45) is 0.590. The van der Waals surface area contributed by atoms with Crippen LogP contribution in [0.4, 0.5) is 0 Å². The van der Waals surface area contributed by atoms with Gasteiger partial charge in [-0.2, -0.15) is 0 Å². The van der Waals surface area contributed by atoms with E-state index in [1.807, 2.05) is 0 Å². The summed E-state index contributed by atoms with van der Waals surface area (Å²) < 4.78 is 0. The Labute approximate surface area is 176 Å². The number of imidazole rings is 1. The highest BCUT2D eigenvalue weighted by molar-refractivity contribution is 5.95. The summed E-state index contributed by atoms with van der Waals surface area (Å²) in [5.74, 6) is -5.66. The van der Waals surface area contributed by atoms with E-state index in [-0.39, 0.29) is 6.42 Å². The zero-order valence-corrected chi connectivity index (χ0v) is 16.9. The number of H-pyrrole nitrogens is 1. The number of aliphatic hydroxyl groups is 1. The third-order valence-corrected chi connectivity index (χ3v) is 4.13.